The summed E-state index contributed by atoms with van der Waals surface area (Å²) in [5.74, 6) is -1.82. The number of rotatable bonds is 16. The van der Waals surface area contributed by atoms with Crippen LogP contribution in [0.2, 0.25) is 0 Å². The zero-order valence-corrected chi connectivity index (χ0v) is 33.3. The topological polar surface area (TPSA) is 172 Å². The Bertz CT molecular complexity index is 2050. The Morgan fingerprint density at radius 2 is 1.34 bits per heavy atom. The molecule has 3 atom stereocenters. The number of amides is 5. The third-order valence-corrected chi connectivity index (χ3v) is 9.20. The SMILES string of the molecule is CC(NC(=O)Cc1ccc(C(=O)c2ccccc2)cc1)C(=O)N[C@@H]1C(=O)N(CC(=O)NCCCCCNC(=O)OC(C)(C)C)c2ccccc2O[C@@H]1c1ccccc1. The van der Waals surface area contributed by atoms with Crippen LogP contribution in [0.15, 0.2) is 109 Å². The average Bonchev–Trinajstić information content (AvgIpc) is 3.31. The second-order valence-corrected chi connectivity index (χ2v) is 15.0. The number of hydrogen-bond donors (Lipinski definition) is 4. The van der Waals surface area contributed by atoms with Gasteiger partial charge in [-0.25, -0.2) is 4.79 Å². The fourth-order valence-corrected chi connectivity index (χ4v) is 6.32. The molecular weight excluding hydrogens is 739 g/mol. The first kappa shape index (κ1) is 42.6. The van der Waals surface area contributed by atoms with Gasteiger partial charge in [-0.3, -0.25) is 28.9 Å². The van der Waals surface area contributed by atoms with Crippen molar-refractivity contribution in [3.8, 4) is 5.75 Å². The summed E-state index contributed by atoms with van der Waals surface area (Å²) in [5, 5.41) is 11.1. The predicted molar refractivity (Wildman–Crippen MR) is 219 cm³/mol. The van der Waals surface area contributed by atoms with Crippen LogP contribution in [0.1, 0.15) is 80.1 Å². The second-order valence-electron chi connectivity index (χ2n) is 15.0. The van der Waals surface area contributed by atoms with Gasteiger partial charge in [-0.15, -0.1) is 0 Å². The van der Waals surface area contributed by atoms with Crippen LogP contribution in [0.5, 0.6) is 5.75 Å². The quantitative estimate of drug-likeness (QED) is 0.0860. The molecule has 1 unspecified atom stereocenters. The minimum absolute atomic E-state index is 0.0449. The largest absolute Gasteiger partial charge is 0.481 e. The lowest BCUT2D eigenvalue weighted by Crippen LogP contribution is -2.56. The lowest BCUT2D eigenvalue weighted by molar-refractivity contribution is -0.132. The minimum atomic E-state index is -1.28. The number of nitrogens with zero attached hydrogens (tertiary/aromatic N) is 1. The molecule has 0 aromatic heterocycles. The molecule has 1 aliphatic heterocycles. The smallest absolute Gasteiger partial charge is 0.407 e. The Morgan fingerprint density at radius 1 is 0.741 bits per heavy atom. The molecule has 13 heteroatoms. The summed E-state index contributed by atoms with van der Waals surface area (Å²) in [5.41, 5.74) is 2.10. The van der Waals surface area contributed by atoms with E-state index < -0.39 is 53.5 Å². The van der Waals surface area contributed by atoms with Crippen LogP contribution in [0.25, 0.3) is 0 Å². The van der Waals surface area contributed by atoms with E-state index in [-0.39, 0.29) is 18.7 Å². The van der Waals surface area contributed by atoms with Crippen LogP contribution >= 0.6 is 0 Å². The van der Waals surface area contributed by atoms with E-state index in [4.69, 9.17) is 9.47 Å². The maximum atomic E-state index is 14.5. The van der Waals surface area contributed by atoms with Gasteiger partial charge in [0.05, 0.1) is 12.1 Å². The van der Waals surface area contributed by atoms with Crippen molar-refractivity contribution in [3.05, 3.63) is 131 Å². The molecule has 4 aromatic carbocycles. The highest BCUT2D eigenvalue weighted by molar-refractivity contribution is 6.09. The van der Waals surface area contributed by atoms with Crippen molar-refractivity contribution in [1.29, 1.82) is 0 Å². The third kappa shape index (κ3) is 12.2. The van der Waals surface area contributed by atoms with Crippen molar-refractivity contribution < 1.29 is 38.2 Å². The first-order valence-electron chi connectivity index (χ1n) is 19.4. The highest BCUT2D eigenvalue weighted by Crippen LogP contribution is 2.37. The highest BCUT2D eigenvalue weighted by atomic mass is 16.6. The summed E-state index contributed by atoms with van der Waals surface area (Å²) >= 11 is 0. The number of alkyl carbamates (subject to hydrolysis) is 1. The van der Waals surface area contributed by atoms with Gasteiger partial charge in [-0.05, 0) is 70.2 Å². The number of anilines is 1. The van der Waals surface area contributed by atoms with Crippen LogP contribution in [0.4, 0.5) is 10.5 Å². The van der Waals surface area contributed by atoms with Gasteiger partial charge in [0.25, 0.3) is 5.91 Å². The van der Waals surface area contributed by atoms with Gasteiger partial charge in [0.2, 0.25) is 17.7 Å². The molecule has 0 bridgehead atoms. The van der Waals surface area contributed by atoms with Crippen LogP contribution in [-0.2, 0) is 30.3 Å². The van der Waals surface area contributed by atoms with Crippen molar-refractivity contribution in [3.63, 3.8) is 0 Å². The maximum Gasteiger partial charge on any atom is 0.407 e. The van der Waals surface area contributed by atoms with E-state index in [2.05, 4.69) is 21.3 Å². The van der Waals surface area contributed by atoms with Gasteiger partial charge in [-0.2, -0.15) is 0 Å². The van der Waals surface area contributed by atoms with E-state index in [1.54, 1.807) is 118 Å². The molecule has 0 saturated heterocycles. The Morgan fingerprint density at radius 3 is 2.02 bits per heavy atom. The van der Waals surface area contributed by atoms with Gasteiger partial charge >= 0.3 is 6.09 Å². The molecule has 0 fully saturated rings. The van der Waals surface area contributed by atoms with E-state index in [1.165, 1.54) is 11.8 Å². The van der Waals surface area contributed by atoms with Gasteiger partial charge in [0, 0.05) is 24.2 Å². The monoisotopic (exact) mass is 789 g/mol. The molecule has 304 valence electrons. The third-order valence-electron chi connectivity index (χ3n) is 9.20. The molecule has 4 N–H and O–H groups in total. The lowest BCUT2D eigenvalue weighted by Gasteiger charge is -2.29. The minimum Gasteiger partial charge on any atom is -0.481 e. The van der Waals surface area contributed by atoms with Crippen LogP contribution in [-0.4, -0.2) is 72.8 Å². The molecule has 0 aliphatic carbocycles. The molecule has 5 amide bonds. The maximum absolute atomic E-state index is 14.5. The van der Waals surface area contributed by atoms with E-state index in [1.807, 2.05) is 12.1 Å². The summed E-state index contributed by atoms with van der Waals surface area (Å²) in [6, 6.07) is 29.1. The van der Waals surface area contributed by atoms with E-state index in [0.717, 1.165) is 6.42 Å². The molecule has 13 nitrogen and oxygen atoms in total. The number of fused-ring (bicyclic) bond motifs is 1. The number of unbranched alkanes of at least 4 members (excludes halogenated alkanes) is 2. The summed E-state index contributed by atoms with van der Waals surface area (Å²) in [7, 11) is 0. The normalized spacial score (nSPS) is 15.4. The highest BCUT2D eigenvalue weighted by Gasteiger charge is 2.41. The van der Waals surface area contributed by atoms with Crippen LogP contribution in [0, 0.1) is 0 Å². The molecule has 5 rings (SSSR count). The number of para-hydroxylation sites is 2. The summed E-state index contributed by atoms with van der Waals surface area (Å²) in [4.78, 5) is 80.6. The summed E-state index contributed by atoms with van der Waals surface area (Å²) in [6.45, 7) is 7.35. The Labute approximate surface area is 338 Å². The van der Waals surface area contributed by atoms with Crippen molar-refractivity contribution in [2.45, 2.75) is 77.2 Å². The second kappa shape index (κ2) is 20.1. The predicted octanol–water partition coefficient (Wildman–Crippen LogP) is 5.43. The number of nitrogens with one attached hydrogen (secondary N) is 4. The first-order valence-corrected chi connectivity index (χ1v) is 19.4. The number of hydrogen-bond acceptors (Lipinski definition) is 8. The number of carbonyl (C=O) groups is 6. The van der Waals surface area contributed by atoms with E-state index in [0.29, 0.717) is 59.6 Å². The van der Waals surface area contributed by atoms with E-state index >= 15 is 0 Å². The van der Waals surface area contributed by atoms with Gasteiger partial charge in [-0.1, -0.05) is 97.1 Å². The molecule has 0 saturated carbocycles. The molecule has 0 radical (unpaired) electrons. The Kier molecular flexibility index (Phi) is 14.8. The number of carbonyl (C=O) groups excluding carboxylic acids is 6. The van der Waals surface area contributed by atoms with Crippen LogP contribution in [0.3, 0.4) is 0 Å². The average molecular weight is 790 g/mol. The summed E-state index contributed by atoms with van der Waals surface area (Å²) in [6.07, 6.45) is 0.576. The molecule has 58 heavy (non-hydrogen) atoms. The van der Waals surface area contributed by atoms with E-state index in [9.17, 15) is 28.8 Å². The van der Waals surface area contributed by atoms with Gasteiger partial charge < -0.3 is 30.7 Å². The molecule has 0 spiro atoms. The Balaban J connectivity index is 1.21. The summed E-state index contributed by atoms with van der Waals surface area (Å²) < 4.78 is 11.7. The zero-order chi connectivity index (χ0) is 41.7. The van der Waals surface area contributed by atoms with Crippen molar-refractivity contribution in [2.24, 2.45) is 0 Å². The van der Waals surface area contributed by atoms with Gasteiger partial charge in [0.15, 0.2) is 11.9 Å². The molecule has 1 aliphatic rings. The fourth-order valence-electron chi connectivity index (χ4n) is 6.32. The molecular formula is C45H51N5O8. The fraction of sp³-hybridized carbons (Fsp3) is 0.333. The Hall–Kier alpha value is -6.50. The molecule has 1 heterocycles. The van der Waals surface area contributed by atoms with Crippen LogP contribution < -0.4 is 30.9 Å². The first-order chi connectivity index (χ1) is 27.8. The lowest BCUT2D eigenvalue weighted by atomic mass is 10.0. The van der Waals surface area contributed by atoms with Gasteiger partial charge in [0.1, 0.15) is 30.0 Å². The zero-order valence-electron chi connectivity index (χ0n) is 33.3. The number of ether oxygens (including phenoxy) is 2. The standard InChI is InChI=1S/C45H51N5O8/c1-30(48-37(51)28-31-22-24-33(25-23-31)40(53)32-16-8-5-9-17-32)42(54)49-39-41(34-18-10-6-11-19-34)57-36-21-13-12-20-35(36)50(43(39)55)29-38(52)46-26-14-7-15-27-47-44(56)58-45(2,3)4/h5-6,8-13,16-25,30,39,41H,7,14-15,26-29H2,1-4H3,(H,46,52)(H,47,56)(H,48,51)(H,49,54)/t30?,39-,41+/m0/s1. The van der Waals surface area contributed by atoms with Crippen molar-refractivity contribution in [1.82, 2.24) is 21.3 Å². The number of benzene rings is 4. The van der Waals surface area contributed by atoms with Crippen molar-refractivity contribution in [2.75, 3.05) is 24.5 Å². The number of ketones is 1. The molecule has 4 aromatic rings. The van der Waals surface area contributed by atoms with Crippen molar-refractivity contribution >= 4 is 41.2 Å².